The maximum atomic E-state index is 13.6. The number of hydrogen-bond acceptors (Lipinski definition) is 7. The van der Waals surface area contributed by atoms with E-state index in [1.165, 1.54) is 12.3 Å². The van der Waals surface area contributed by atoms with Gasteiger partial charge in [0.2, 0.25) is 10.0 Å². The Kier molecular flexibility index (Phi) is 7.08. The Morgan fingerprint density at radius 1 is 1.24 bits per heavy atom. The molecule has 1 N–H and O–H groups in total. The van der Waals surface area contributed by atoms with E-state index < -0.39 is 16.2 Å². The van der Waals surface area contributed by atoms with Crippen molar-refractivity contribution in [1.82, 2.24) is 24.6 Å². The molecule has 2 saturated heterocycles. The Labute approximate surface area is 199 Å². The first-order valence-electron chi connectivity index (χ1n) is 11.5. The highest BCUT2D eigenvalue weighted by Crippen LogP contribution is 2.26. The van der Waals surface area contributed by atoms with E-state index in [0.717, 1.165) is 27.9 Å². The number of nitrogens with one attached hydrogen (secondary N) is 1. The van der Waals surface area contributed by atoms with Gasteiger partial charge in [-0.3, -0.25) is 14.6 Å². The molecular formula is C22H32FN7O3S. The lowest BCUT2D eigenvalue weighted by atomic mass is 10.1. The summed E-state index contributed by atoms with van der Waals surface area (Å²) in [5.41, 5.74) is 3.12. The zero-order valence-corrected chi connectivity index (χ0v) is 20.6. The van der Waals surface area contributed by atoms with Crippen LogP contribution in [0.4, 0.5) is 20.7 Å². The Bertz CT molecular complexity index is 1130. The van der Waals surface area contributed by atoms with Crippen LogP contribution in [0.25, 0.3) is 0 Å². The minimum atomic E-state index is -3.46. The van der Waals surface area contributed by atoms with E-state index in [9.17, 15) is 17.6 Å². The number of piperidine rings is 1. The number of sulfonamides is 1. The molecule has 2 fully saturated rings. The average molecular weight is 494 g/mol. The van der Waals surface area contributed by atoms with Gasteiger partial charge in [0.1, 0.15) is 6.17 Å². The number of piperazine rings is 1. The van der Waals surface area contributed by atoms with Crippen molar-refractivity contribution in [2.45, 2.75) is 45.4 Å². The fraction of sp³-hybridized carbons (Fsp3) is 0.591. The molecule has 0 saturated carbocycles. The van der Waals surface area contributed by atoms with Crippen LogP contribution in [-0.2, 0) is 16.6 Å². The van der Waals surface area contributed by atoms with Gasteiger partial charge in [-0.25, -0.2) is 17.6 Å². The highest BCUT2D eigenvalue weighted by atomic mass is 32.2. The fourth-order valence-electron chi connectivity index (χ4n) is 4.52. The second-order valence-corrected chi connectivity index (χ2v) is 10.9. The first-order valence-corrected chi connectivity index (χ1v) is 13.4. The molecule has 0 aliphatic carbocycles. The third-order valence-electron chi connectivity index (χ3n) is 6.38. The van der Waals surface area contributed by atoms with Crippen molar-refractivity contribution in [3.63, 3.8) is 0 Å². The molecule has 4 rings (SSSR count). The topological polar surface area (TPSA) is 104 Å². The molecule has 0 unspecified atom stereocenters. The van der Waals surface area contributed by atoms with E-state index in [1.807, 2.05) is 13.1 Å². The second kappa shape index (κ2) is 9.87. The summed E-state index contributed by atoms with van der Waals surface area (Å²) in [6.45, 7) is 7.95. The van der Waals surface area contributed by atoms with E-state index >= 15 is 0 Å². The van der Waals surface area contributed by atoms with Crippen LogP contribution >= 0.6 is 0 Å². The number of halogens is 1. The normalized spacial score (nSPS) is 20.5. The largest absolute Gasteiger partial charge is 0.370 e. The molecule has 2 aliphatic heterocycles. The molecule has 1 atom stereocenters. The van der Waals surface area contributed by atoms with Crippen molar-refractivity contribution in [1.29, 1.82) is 0 Å². The summed E-state index contributed by atoms with van der Waals surface area (Å²) in [5.74, 6) is 0.112. The number of carbonyl (C=O) groups is 1. The molecular weight excluding hydrogens is 461 g/mol. The standard InChI is InChI=1S/C22H32FN7O3S/c1-16-14-29(22(31)30-9-6-21(25-30)26-34(3,32)33)11-10-28(16)15-18-12-20(17(2)24-13-18)27-7-4-19(23)5-8-27/h6,9,12-13,16,19H,4-5,7-8,10-11,14-15H2,1-3H3,(H,25,26)/t16-/m0/s1. The molecule has 0 radical (unpaired) electrons. The van der Waals surface area contributed by atoms with E-state index in [2.05, 4.69) is 37.6 Å². The van der Waals surface area contributed by atoms with Crippen LogP contribution in [0.3, 0.4) is 0 Å². The van der Waals surface area contributed by atoms with Gasteiger partial charge in [0.25, 0.3) is 0 Å². The molecule has 0 spiro atoms. The highest BCUT2D eigenvalue weighted by molar-refractivity contribution is 7.92. The number of aryl methyl sites for hydroxylation is 1. The summed E-state index contributed by atoms with van der Waals surface area (Å²) >= 11 is 0. The number of carbonyl (C=O) groups excluding carboxylic acids is 1. The SMILES string of the molecule is Cc1ncc(CN2CCN(C(=O)n3ccc(NS(C)(=O)=O)n3)C[C@@H]2C)cc1N1CCC(F)CC1. The number of alkyl halides is 1. The predicted octanol–water partition coefficient (Wildman–Crippen LogP) is 2.07. The number of hydrogen-bond donors (Lipinski definition) is 1. The Balaban J connectivity index is 1.37. The van der Waals surface area contributed by atoms with Gasteiger partial charge in [-0.1, -0.05) is 0 Å². The number of amides is 1. The highest BCUT2D eigenvalue weighted by Gasteiger charge is 2.28. The lowest BCUT2D eigenvalue weighted by molar-refractivity contribution is 0.0920. The van der Waals surface area contributed by atoms with Gasteiger partial charge in [-0.2, -0.15) is 4.68 Å². The van der Waals surface area contributed by atoms with Crippen LogP contribution in [0.5, 0.6) is 0 Å². The van der Waals surface area contributed by atoms with E-state index in [4.69, 9.17) is 0 Å². The van der Waals surface area contributed by atoms with Gasteiger partial charge in [0, 0.05) is 63.8 Å². The smallest absolute Gasteiger partial charge is 0.344 e. The number of aromatic nitrogens is 3. The van der Waals surface area contributed by atoms with E-state index in [1.54, 1.807) is 4.90 Å². The van der Waals surface area contributed by atoms with Crippen LogP contribution < -0.4 is 9.62 Å². The number of rotatable bonds is 5. The quantitative estimate of drug-likeness (QED) is 0.680. The van der Waals surface area contributed by atoms with Crippen LogP contribution in [0, 0.1) is 6.92 Å². The van der Waals surface area contributed by atoms with Crippen LogP contribution in [0.2, 0.25) is 0 Å². The summed E-state index contributed by atoms with van der Waals surface area (Å²) in [6, 6.07) is 3.44. The minimum Gasteiger partial charge on any atom is -0.370 e. The van der Waals surface area contributed by atoms with Crippen LogP contribution in [0.1, 0.15) is 31.0 Å². The Hall–Kier alpha value is -2.73. The lowest BCUT2D eigenvalue weighted by Gasteiger charge is -2.39. The molecule has 0 aromatic carbocycles. The van der Waals surface area contributed by atoms with Crippen LogP contribution in [-0.4, -0.2) is 90.2 Å². The zero-order chi connectivity index (χ0) is 24.5. The Morgan fingerprint density at radius 2 is 1.97 bits per heavy atom. The van der Waals surface area contributed by atoms with Crippen LogP contribution in [0.15, 0.2) is 24.5 Å². The molecule has 2 aromatic heterocycles. The van der Waals surface area contributed by atoms with Crippen molar-refractivity contribution in [3.8, 4) is 0 Å². The van der Waals surface area contributed by atoms with Crippen molar-refractivity contribution in [2.75, 3.05) is 48.6 Å². The minimum absolute atomic E-state index is 0.112. The molecule has 186 valence electrons. The molecule has 1 amide bonds. The molecule has 4 heterocycles. The molecule has 0 bridgehead atoms. The maximum absolute atomic E-state index is 13.6. The van der Waals surface area contributed by atoms with Gasteiger partial charge in [-0.15, -0.1) is 5.10 Å². The van der Waals surface area contributed by atoms with Gasteiger partial charge in [0.05, 0.1) is 17.6 Å². The molecule has 10 nitrogen and oxygen atoms in total. The van der Waals surface area contributed by atoms with Gasteiger partial charge in [-0.05, 0) is 38.3 Å². The Morgan fingerprint density at radius 3 is 2.65 bits per heavy atom. The molecule has 2 aromatic rings. The fourth-order valence-corrected chi connectivity index (χ4v) is 5.01. The third kappa shape index (κ3) is 5.84. The summed E-state index contributed by atoms with van der Waals surface area (Å²) in [5, 5.41) is 4.03. The summed E-state index contributed by atoms with van der Waals surface area (Å²) < 4.78 is 39.7. The molecule has 34 heavy (non-hydrogen) atoms. The molecule has 2 aliphatic rings. The third-order valence-corrected chi connectivity index (χ3v) is 6.96. The van der Waals surface area contributed by atoms with Crippen molar-refractivity contribution < 1.29 is 17.6 Å². The van der Waals surface area contributed by atoms with Crippen molar-refractivity contribution in [3.05, 3.63) is 35.8 Å². The van der Waals surface area contributed by atoms with Crippen molar-refractivity contribution in [2.24, 2.45) is 0 Å². The first kappa shape index (κ1) is 24.4. The maximum Gasteiger partial charge on any atom is 0.344 e. The second-order valence-electron chi connectivity index (χ2n) is 9.18. The molecule has 12 heteroatoms. The summed E-state index contributed by atoms with van der Waals surface area (Å²) in [6.07, 6.45) is 4.78. The van der Waals surface area contributed by atoms with Gasteiger partial charge < -0.3 is 9.80 Å². The lowest BCUT2D eigenvalue weighted by Crippen LogP contribution is -2.54. The van der Waals surface area contributed by atoms with Gasteiger partial charge in [0.15, 0.2) is 5.82 Å². The zero-order valence-electron chi connectivity index (χ0n) is 19.8. The average Bonchev–Trinajstić information content (AvgIpc) is 3.23. The van der Waals surface area contributed by atoms with E-state index in [0.29, 0.717) is 52.1 Å². The van der Waals surface area contributed by atoms with Gasteiger partial charge >= 0.3 is 6.03 Å². The number of pyridine rings is 1. The van der Waals surface area contributed by atoms with Crippen molar-refractivity contribution >= 4 is 27.6 Å². The summed E-state index contributed by atoms with van der Waals surface area (Å²) in [7, 11) is -3.46. The van der Waals surface area contributed by atoms with E-state index in [-0.39, 0.29) is 17.9 Å². The number of anilines is 2. The monoisotopic (exact) mass is 493 g/mol. The predicted molar refractivity (Wildman–Crippen MR) is 128 cm³/mol. The first-order chi connectivity index (χ1) is 16.1. The number of nitrogens with zero attached hydrogens (tertiary/aromatic N) is 6. The summed E-state index contributed by atoms with van der Waals surface area (Å²) in [4.78, 5) is 23.7.